The van der Waals surface area contributed by atoms with Gasteiger partial charge >= 0.3 is 0 Å². The molecule has 0 aliphatic carbocycles. The summed E-state index contributed by atoms with van der Waals surface area (Å²) in [6, 6.07) is 5.21. The van der Waals surface area contributed by atoms with Crippen LogP contribution >= 0.6 is 0 Å². The molecule has 1 rings (SSSR count). The zero-order valence-electron chi connectivity index (χ0n) is 7.38. The maximum atomic E-state index is 8.83. The zero-order chi connectivity index (χ0) is 9.68. The van der Waals surface area contributed by atoms with Gasteiger partial charge in [0.05, 0.1) is 18.0 Å². The van der Waals surface area contributed by atoms with E-state index in [9.17, 15) is 0 Å². The van der Waals surface area contributed by atoms with Crippen molar-refractivity contribution in [2.75, 3.05) is 0 Å². The molecule has 0 bridgehead atoms. The summed E-state index contributed by atoms with van der Waals surface area (Å²) in [6.45, 7) is 1.76. The third kappa shape index (κ3) is 2.48. The highest BCUT2D eigenvalue weighted by Gasteiger charge is 2.05. The summed E-state index contributed by atoms with van der Waals surface area (Å²) in [6.07, 6.45) is 0. The molecule has 13 heavy (non-hydrogen) atoms. The second-order valence-corrected chi connectivity index (χ2v) is 2.62. The molecule has 1 heterocycles. The fourth-order valence-electron chi connectivity index (χ4n) is 0.978. The second-order valence-electron chi connectivity index (χ2n) is 2.62. The van der Waals surface area contributed by atoms with Crippen molar-refractivity contribution < 1.29 is 5.11 Å². The molecule has 1 aromatic rings. The molecule has 0 aromatic carbocycles. The van der Waals surface area contributed by atoms with Crippen molar-refractivity contribution in [3.8, 4) is 0 Å². The van der Waals surface area contributed by atoms with Gasteiger partial charge in [0.15, 0.2) is 0 Å². The number of nitrogens with zero attached hydrogens (tertiary/aromatic N) is 3. The topological polar surface area (TPSA) is 83.9 Å². The first-order valence-electron chi connectivity index (χ1n) is 3.94. The van der Waals surface area contributed by atoms with E-state index < -0.39 is 0 Å². The van der Waals surface area contributed by atoms with Crippen LogP contribution in [0.15, 0.2) is 28.5 Å². The average molecular weight is 180 g/mol. The van der Waals surface area contributed by atoms with Crippen LogP contribution in [0.1, 0.15) is 24.4 Å². The molecule has 0 spiro atoms. The van der Waals surface area contributed by atoms with Gasteiger partial charge in [-0.15, -0.1) is 0 Å². The standard InChI is InChI=1S/C8H12N4O/c1-6(11-12-9)8-4-2-3-7(5-13)10-8/h2-4,6,13H,5H2,1H3,(H2,9,11). The van der Waals surface area contributed by atoms with Crippen molar-refractivity contribution in [1.29, 1.82) is 0 Å². The van der Waals surface area contributed by atoms with Crippen molar-refractivity contribution in [2.24, 2.45) is 16.2 Å². The molecule has 0 aliphatic rings. The smallest absolute Gasteiger partial charge is 0.112 e. The number of hydrogen-bond donors (Lipinski definition) is 2. The lowest BCUT2D eigenvalue weighted by Crippen LogP contribution is -1.98. The largest absolute Gasteiger partial charge is 0.390 e. The third-order valence-electron chi connectivity index (χ3n) is 1.66. The minimum absolute atomic E-state index is 0.0691. The molecule has 0 fully saturated rings. The van der Waals surface area contributed by atoms with E-state index in [2.05, 4.69) is 15.3 Å². The summed E-state index contributed by atoms with van der Waals surface area (Å²) in [5, 5.41) is 15.8. The average Bonchev–Trinajstić information content (AvgIpc) is 2.18. The zero-order valence-corrected chi connectivity index (χ0v) is 7.38. The SMILES string of the molecule is CC(N=NN)c1cccc(CO)n1. The number of aromatic nitrogens is 1. The first-order chi connectivity index (χ1) is 6.27. The maximum Gasteiger partial charge on any atom is 0.112 e. The van der Waals surface area contributed by atoms with Crippen LogP contribution in [0.4, 0.5) is 0 Å². The first-order valence-corrected chi connectivity index (χ1v) is 3.94. The van der Waals surface area contributed by atoms with Crippen LogP contribution in [0.5, 0.6) is 0 Å². The minimum Gasteiger partial charge on any atom is -0.390 e. The molecule has 0 saturated carbocycles. The monoisotopic (exact) mass is 180 g/mol. The lowest BCUT2D eigenvalue weighted by Gasteiger charge is -2.04. The van der Waals surface area contributed by atoms with Crippen molar-refractivity contribution >= 4 is 0 Å². The molecule has 5 nitrogen and oxygen atoms in total. The number of hydrogen-bond acceptors (Lipinski definition) is 4. The Morgan fingerprint density at radius 2 is 2.38 bits per heavy atom. The highest BCUT2D eigenvalue weighted by molar-refractivity contribution is 5.13. The van der Waals surface area contributed by atoms with E-state index in [0.717, 1.165) is 5.69 Å². The lowest BCUT2D eigenvalue weighted by atomic mass is 10.2. The summed E-state index contributed by atoms with van der Waals surface area (Å²) in [4.78, 5) is 4.15. The van der Waals surface area contributed by atoms with Crippen LogP contribution in [0, 0.1) is 0 Å². The Morgan fingerprint density at radius 1 is 1.62 bits per heavy atom. The fourth-order valence-corrected chi connectivity index (χ4v) is 0.978. The van der Waals surface area contributed by atoms with Gasteiger partial charge in [0, 0.05) is 0 Å². The Kier molecular flexibility index (Phi) is 3.33. The summed E-state index contributed by atoms with van der Waals surface area (Å²) in [7, 11) is 0. The van der Waals surface area contributed by atoms with Gasteiger partial charge in [0.2, 0.25) is 0 Å². The molecule has 1 aromatic heterocycles. The molecule has 3 N–H and O–H groups in total. The predicted molar refractivity (Wildman–Crippen MR) is 47.6 cm³/mol. The molecular formula is C8H12N4O. The first kappa shape index (κ1) is 9.60. The van der Waals surface area contributed by atoms with Gasteiger partial charge in [-0.3, -0.25) is 4.98 Å². The second kappa shape index (κ2) is 4.51. The van der Waals surface area contributed by atoms with E-state index in [4.69, 9.17) is 10.9 Å². The van der Waals surface area contributed by atoms with E-state index in [1.165, 1.54) is 0 Å². The van der Waals surface area contributed by atoms with Crippen molar-refractivity contribution in [2.45, 2.75) is 19.6 Å². The van der Waals surface area contributed by atoms with Gasteiger partial charge < -0.3 is 10.9 Å². The predicted octanol–water partition coefficient (Wildman–Crippen LogP) is 0.961. The highest BCUT2D eigenvalue weighted by Crippen LogP contribution is 2.14. The van der Waals surface area contributed by atoms with Gasteiger partial charge in [-0.1, -0.05) is 11.3 Å². The summed E-state index contributed by atoms with van der Waals surface area (Å²) in [5.41, 5.74) is 1.37. The molecule has 1 atom stereocenters. The van der Waals surface area contributed by atoms with Gasteiger partial charge in [-0.25, -0.2) is 0 Å². The number of pyridine rings is 1. The van der Waals surface area contributed by atoms with Crippen molar-refractivity contribution in [3.63, 3.8) is 0 Å². The number of aliphatic hydroxyl groups is 1. The van der Waals surface area contributed by atoms with Crippen LogP contribution in [-0.4, -0.2) is 10.1 Å². The Morgan fingerprint density at radius 3 is 3.00 bits per heavy atom. The highest BCUT2D eigenvalue weighted by atomic mass is 16.3. The molecule has 70 valence electrons. The van der Waals surface area contributed by atoms with Crippen LogP contribution in [-0.2, 0) is 6.61 Å². The van der Waals surface area contributed by atoms with Crippen LogP contribution in [0.3, 0.4) is 0 Å². The summed E-state index contributed by atoms with van der Waals surface area (Å²) >= 11 is 0. The molecular weight excluding hydrogens is 168 g/mol. The van der Waals surface area contributed by atoms with E-state index in [-0.39, 0.29) is 12.6 Å². The Balaban J connectivity index is 2.87. The lowest BCUT2D eigenvalue weighted by molar-refractivity contribution is 0.276. The quantitative estimate of drug-likeness (QED) is 0.413. The Labute approximate surface area is 76.3 Å². The van der Waals surface area contributed by atoms with Crippen LogP contribution in [0.2, 0.25) is 0 Å². The van der Waals surface area contributed by atoms with Crippen LogP contribution < -0.4 is 5.84 Å². The molecule has 0 aliphatic heterocycles. The summed E-state index contributed by atoms with van der Waals surface area (Å²) < 4.78 is 0. The van der Waals surface area contributed by atoms with E-state index in [1.54, 1.807) is 6.07 Å². The van der Waals surface area contributed by atoms with Crippen LogP contribution in [0.25, 0.3) is 0 Å². The van der Waals surface area contributed by atoms with Gasteiger partial charge in [0.1, 0.15) is 6.04 Å². The number of aliphatic hydroxyl groups excluding tert-OH is 1. The van der Waals surface area contributed by atoms with Crippen molar-refractivity contribution in [1.82, 2.24) is 4.98 Å². The van der Waals surface area contributed by atoms with Gasteiger partial charge in [0.25, 0.3) is 0 Å². The van der Waals surface area contributed by atoms with E-state index in [1.807, 2.05) is 19.1 Å². The summed E-state index contributed by atoms with van der Waals surface area (Å²) in [5.74, 6) is 4.92. The molecule has 0 radical (unpaired) electrons. The van der Waals surface area contributed by atoms with E-state index in [0.29, 0.717) is 5.69 Å². The number of nitrogens with two attached hydrogens (primary N) is 1. The third-order valence-corrected chi connectivity index (χ3v) is 1.66. The van der Waals surface area contributed by atoms with E-state index >= 15 is 0 Å². The Bertz CT molecular complexity index is 300. The normalized spacial score (nSPS) is 13.4. The maximum absolute atomic E-state index is 8.83. The molecule has 1 unspecified atom stereocenters. The fraction of sp³-hybridized carbons (Fsp3) is 0.375. The van der Waals surface area contributed by atoms with Crippen molar-refractivity contribution in [3.05, 3.63) is 29.6 Å². The van der Waals surface area contributed by atoms with Gasteiger partial charge in [-0.05, 0) is 19.1 Å². The molecule has 0 amide bonds. The Hall–Kier alpha value is -1.49. The minimum atomic E-state index is -0.170. The molecule has 0 saturated heterocycles. The van der Waals surface area contributed by atoms with Gasteiger partial charge in [-0.2, -0.15) is 5.11 Å². The molecule has 5 heteroatoms. The number of rotatable bonds is 3.